The third-order valence-corrected chi connectivity index (χ3v) is 8.92. The molecule has 1 fully saturated rings. The molecule has 166 valence electrons. The molecular weight excluding hydrogens is 426 g/mol. The Morgan fingerprint density at radius 1 is 1.07 bits per heavy atom. The molecule has 2 heterocycles. The Balaban J connectivity index is 2.00. The van der Waals surface area contributed by atoms with Gasteiger partial charge in [-0.2, -0.15) is 21.9 Å². The molecule has 0 aliphatic carbocycles. The molecule has 30 heavy (non-hydrogen) atoms. The van der Waals surface area contributed by atoms with Gasteiger partial charge in [0.2, 0.25) is 10.0 Å². The maximum Gasteiger partial charge on any atom is 0.283 e. The van der Waals surface area contributed by atoms with Crippen LogP contribution in [0.25, 0.3) is 0 Å². The lowest BCUT2D eigenvalue weighted by Crippen LogP contribution is -2.39. The van der Waals surface area contributed by atoms with Crippen LogP contribution in [-0.2, 0) is 20.0 Å². The van der Waals surface area contributed by atoms with E-state index < -0.39 is 20.0 Å². The van der Waals surface area contributed by atoms with Crippen LogP contribution in [0.2, 0.25) is 0 Å². The van der Waals surface area contributed by atoms with Gasteiger partial charge in [-0.1, -0.05) is 6.92 Å². The van der Waals surface area contributed by atoms with Gasteiger partial charge in [0.1, 0.15) is 10.6 Å². The molecule has 1 aliphatic heterocycles. The number of sulfonamides is 1. The smallest absolute Gasteiger partial charge is 0.283 e. The zero-order chi connectivity index (χ0) is 22.3. The van der Waals surface area contributed by atoms with Gasteiger partial charge in [-0.3, -0.25) is 0 Å². The second-order valence-electron chi connectivity index (χ2n) is 8.10. The molecule has 0 N–H and O–H groups in total. The highest BCUT2D eigenvalue weighted by molar-refractivity contribution is 7.90. The molecule has 0 spiro atoms. The lowest BCUT2D eigenvalue weighted by atomic mass is 10.0. The number of hydrogen-bond acceptors (Lipinski definition) is 6. The van der Waals surface area contributed by atoms with E-state index in [0.29, 0.717) is 18.8 Å². The maximum absolute atomic E-state index is 13.3. The van der Waals surface area contributed by atoms with E-state index in [-0.39, 0.29) is 33.2 Å². The molecule has 0 amide bonds. The molecule has 2 aromatic rings. The molecule has 0 radical (unpaired) electrons. The van der Waals surface area contributed by atoms with Gasteiger partial charge in [-0.05, 0) is 70.7 Å². The number of rotatable bonds is 6. The van der Waals surface area contributed by atoms with Gasteiger partial charge < -0.3 is 4.74 Å². The van der Waals surface area contributed by atoms with Crippen molar-refractivity contribution >= 4 is 20.0 Å². The second-order valence-corrected chi connectivity index (χ2v) is 11.7. The summed E-state index contributed by atoms with van der Waals surface area (Å²) >= 11 is 0. The van der Waals surface area contributed by atoms with Crippen LogP contribution in [0.4, 0.5) is 0 Å². The minimum absolute atomic E-state index is 0.0137. The Labute approximate surface area is 178 Å². The molecule has 3 rings (SSSR count). The van der Waals surface area contributed by atoms with Crippen LogP contribution in [0.5, 0.6) is 5.75 Å². The number of benzene rings is 1. The first-order valence-corrected chi connectivity index (χ1v) is 12.9. The van der Waals surface area contributed by atoms with Crippen LogP contribution in [0.15, 0.2) is 34.1 Å². The van der Waals surface area contributed by atoms with E-state index in [0.717, 1.165) is 16.9 Å². The number of aryl methyl sites for hydroxylation is 1. The molecule has 10 heteroatoms. The van der Waals surface area contributed by atoms with Crippen molar-refractivity contribution in [2.24, 2.45) is 5.92 Å². The summed E-state index contributed by atoms with van der Waals surface area (Å²) in [5.41, 5.74) is 0.266. The minimum atomic E-state index is -4.05. The van der Waals surface area contributed by atoms with Crippen molar-refractivity contribution in [1.82, 2.24) is 13.5 Å². The van der Waals surface area contributed by atoms with Crippen LogP contribution in [0.3, 0.4) is 0 Å². The van der Waals surface area contributed by atoms with Crippen LogP contribution in [-0.4, -0.2) is 49.5 Å². The van der Waals surface area contributed by atoms with E-state index >= 15 is 0 Å². The van der Waals surface area contributed by atoms with E-state index in [9.17, 15) is 16.8 Å². The first-order valence-electron chi connectivity index (χ1n) is 10.0. The SMILES string of the molecule is Cc1nn(S(=O)(=O)c2ccc(OC(C)C)cc2)c(C)c1S(=O)(=O)N1CCCC(C)C1. The topological polar surface area (TPSA) is 98.6 Å². The summed E-state index contributed by atoms with van der Waals surface area (Å²) in [6.07, 6.45) is 1.73. The largest absolute Gasteiger partial charge is 0.491 e. The molecular formula is C20H29N3O5S2. The summed E-state index contributed by atoms with van der Waals surface area (Å²) in [7, 11) is -7.88. The fraction of sp³-hybridized carbons (Fsp3) is 0.550. The van der Waals surface area contributed by atoms with Gasteiger partial charge in [-0.25, -0.2) is 8.42 Å². The van der Waals surface area contributed by atoms with Crippen molar-refractivity contribution in [2.75, 3.05) is 13.1 Å². The van der Waals surface area contributed by atoms with Crippen molar-refractivity contribution in [2.45, 2.75) is 63.4 Å². The van der Waals surface area contributed by atoms with Gasteiger partial charge >= 0.3 is 0 Å². The van der Waals surface area contributed by atoms with Crippen LogP contribution >= 0.6 is 0 Å². The van der Waals surface area contributed by atoms with Crippen molar-refractivity contribution < 1.29 is 21.6 Å². The van der Waals surface area contributed by atoms with Gasteiger partial charge in [0.15, 0.2) is 0 Å². The Kier molecular flexibility index (Phi) is 6.31. The predicted molar refractivity (Wildman–Crippen MR) is 114 cm³/mol. The summed E-state index contributed by atoms with van der Waals surface area (Å²) in [6.45, 7) is 9.64. The summed E-state index contributed by atoms with van der Waals surface area (Å²) in [5.74, 6) is 0.819. The number of hydrogen-bond donors (Lipinski definition) is 0. The summed E-state index contributed by atoms with van der Waals surface area (Å²) in [5, 5.41) is 4.10. The van der Waals surface area contributed by atoms with Crippen molar-refractivity contribution in [3.63, 3.8) is 0 Å². The Morgan fingerprint density at radius 2 is 1.70 bits per heavy atom. The van der Waals surface area contributed by atoms with E-state index in [1.165, 1.54) is 30.3 Å². The normalized spacial score (nSPS) is 18.7. The quantitative estimate of drug-likeness (QED) is 0.664. The highest BCUT2D eigenvalue weighted by Gasteiger charge is 2.35. The minimum Gasteiger partial charge on any atom is -0.491 e. The zero-order valence-electron chi connectivity index (χ0n) is 18.0. The van der Waals surface area contributed by atoms with Crippen LogP contribution in [0, 0.1) is 19.8 Å². The Bertz CT molecular complexity index is 1120. The van der Waals surface area contributed by atoms with Gasteiger partial charge in [0.05, 0.1) is 22.4 Å². The standard InChI is InChI=1S/C20H29N3O5S2/c1-14(2)28-18-8-10-19(11-9-18)29(24,25)23-17(5)20(16(4)21-23)30(26,27)22-12-6-7-15(3)13-22/h8-11,14-15H,6-7,12-13H2,1-5H3. The van der Waals surface area contributed by atoms with E-state index in [2.05, 4.69) is 5.10 Å². The van der Waals surface area contributed by atoms with Gasteiger partial charge in [-0.15, -0.1) is 0 Å². The molecule has 1 unspecified atom stereocenters. The van der Waals surface area contributed by atoms with Crippen molar-refractivity contribution in [3.05, 3.63) is 35.7 Å². The Morgan fingerprint density at radius 3 is 2.27 bits per heavy atom. The predicted octanol–water partition coefficient (Wildman–Crippen LogP) is 2.94. The van der Waals surface area contributed by atoms with E-state index in [1.54, 1.807) is 12.1 Å². The lowest BCUT2D eigenvalue weighted by Gasteiger charge is -2.30. The fourth-order valence-electron chi connectivity index (χ4n) is 3.77. The highest BCUT2D eigenvalue weighted by Crippen LogP contribution is 2.29. The molecule has 1 atom stereocenters. The lowest BCUT2D eigenvalue weighted by molar-refractivity contribution is 0.242. The third-order valence-electron chi connectivity index (χ3n) is 5.12. The first kappa shape index (κ1) is 22.8. The summed E-state index contributed by atoms with van der Waals surface area (Å²) in [4.78, 5) is -0.0142. The van der Waals surface area contributed by atoms with E-state index in [1.807, 2.05) is 20.8 Å². The number of nitrogens with zero attached hydrogens (tertiary/aromatic N) is 3. The average molecular weight is 456 g/mol. The number of piperidine rings is 1. The molecule has 1 aromatic heterocycles. The summed E-state index contributed by atoms with van der Waals surface area (Å²) < 4.78 is 60.7. The first-order chi connectivity index (χ1) is 13.9. The fourth-order valence-corrected chi connectivity index (χ4v) is 7.14. The molecule has 1 aliphatic rings. The molecule has 8 nitrogen and oxygen atoms in total. The molecule has 0 bridgehead atoms. The van der Waals surface area contributed by atoms with E-state index in [4.69, 9.17) is 4.74 Å². The monoisotopic (exact) mass is 455 g/mol. The van der Waals surface area contributed by atoms with Crippen LogP contribution in [0.1, 0.15) is 45.0 Å². The average Bonchev–Trinajstić information content (AvgIpc) is 2.97. The second kappa shape index (κ2) is 8.32. The molecule has 0 saturated carbocycles. The third kappa shape index (κ3) is 4.26. The van der Waals surface area contributed by atoms with Crippen molar-refractivity contribution in [1.29, 1.82) is 0 Å². The Hall–Kier alpha value is -1.91. The molecule has 1 saturated heterocycles. The van der Waals surface area contributed by atoms with Gasteiger partial charge in [0, 0.05) is 13.1 Å². The van der Waals surface area contributed by atoms with Crippen LogP contribution < -0.4 is 4.74 Å². The number of aromatic nitrogens is 2. The summed E-state index contributed by atoms with van der Waals surface area (Å²) in [6, 6.07) is 6.02. The van der Waals surface area contributed by atoms with Gasteiger partial charge in [0.25, 0.3) is 10.0 Å². The zero-order valence-corrected chi connectivity index (χ0v) is 19.6. The molecule has 1 aromatic carbocycles. The maximum atomic E-state index is 13.3. The highest BCUT2D eigenvalue weighted by atomic mass is 32.2. The van der Waals surface area contributed by atoms with Crippen molar-refractivity contribution in [3.8, 4) is 5.75 Å². The number of ether oxygens (including phenoxy) is 1.